The Morgan fingerprint density at radius 1 is 0.870 bits per heavy atom. The molecule has 0 saturated carbocycles. The molecule has 54 heavy (non-hydrogen) atoms. The number of aromatic hydroxyl groups is 1. The van der Waals surface area contributed by atoms with Crippen LogP contribution in [0.2, 0.25) is 0 Å². The van der Waals surface area contributed by atoms with Gasteiger partial charge in [-0.25, -0.2) is 23.0 Å². The van der Waals surface area contributed by atoms with E-state index >= 15 is 0 Å². The van der Waals surface area contributed by atoms with Crippen molar-refractivity contribution in [1.29, 1.82) is 0 Å². The predicted octanol–water partition coefficient (Wildman–Crippen LogP) is 4.57. The van der Waals surface area contributed by atoms with Gasteiger partial charge in [-0.2, -0.15) is 0 Å². The van der Waals surface area contributed by atoms with Gasteiger partial charge in [-0.05, 0) is 74.1 Å². The number of anilines is 2. The molecule has 0 saturated heterocycles. The van der Waals surface area contributed by atoms with Crippen molar-refractivity contribution < 1.29 is 27.7 Å². The summed E-state index contributed by atoms with van der Waals surface area (Å²) in [6, 6.07) is 24.6. The van der Waals surface area contributed by atoms with Crippen molar-refractivity contribution in [3.8, 4) is 28.8 Å². The van der Waals surface area contributed by atoms with Crippen molar-refractivity contribution in [2.75, 3.05) is 22.6 Å². The number of hydrogen-bond acceptors (Lipinski definition) is 12. The molecule has 4 aromatic heterocycles. The molecule has 278 valence electrons. The van der Waals surface area contributed by atoms with Crippen molar-refractivity contribution in [3.05, 3.63) is 97.3 Å². The van der Waals surface area contributed by atoms with Gasteiger partial charge in [-0.3, -0.25) is 14.2 Å². The summed E-state index contributed by atoms with van der Waals surface area (Å²) >= 11 is 2.53. The molecule has 0 radical (unpaired) electrons. The van der Waals surface area contributed by atoms with Crippen LogP contribution in [0.3, 0.4) is 0 Å². The van der Waals surface area contributed by atoms with Gasteiger partial charge in [0.25, 0.3) is 5.16 Å². The number of carbonyl (C=O) groups is 2. The molecule has 6 rings (SSSR count). The summed E-state index contributed by atoms with van der Waals surface area (Å²) in [4.78, 5) is 35.1. The Labute approximate surface area is 320 Å². The first-order valence-electron chi connectivity index (χ1n) is 16.8. The van der Waals surface area contributed by atoms with E-state index in [4.69, 9.17) is 5.10 Å². The van der Waals surface area contributed by atoms with Gasteiger partial charge in [0.05, 0.1) is 35.2 Å². The zero-order valence-electron chi connectivity index (χ0n) is 29.5. The lowest BCUT2D eigenvalue weighted by molar-refractivity contribution is -0.721. The van der Waals surface area contributed by atoms with Gasteiger partial charge < -0.3 is 15.7 Å². The number of para-hydroxylation sites is 2. The van der Waals surface area contributed by atoms with Gasteiger partial charge in [0.15, 0.2) is 20.8 Å². The first-order chi connectivity index (χ1) is 26.0. The van der Waals surface area contributed by atoms with E-state index < -0.39 is 15.1 Å². The monoisotopic (exact) mass is 785 g/mol. The van der Waals surface area contributed by atoms with Crippen LogP contribution < -0.4 is 15.2 Å². The highest BCUT2D eigenvalue weighted by Gasteiger charge is 2.31. The van der Waals surface area contributed by atoms with E-state index in [1.807, 2.05) is 71.5 Å². The number of nitrogens with zero attached hydrogens (tertiary/aromatic N) is 8. The number of thioether (sulfide) groups is 2. The van der Waals surface area contributed by atoms with Crippen molar-refractivity contribution in [3.63, 3.8) is 0 Å². The van der Waals surface area contributed by atoms with Crippen LogP contribution in [-0.2, 0) is 39.1 Å². The zero-order chi connectivity index (χ0) is 38.2. The third kappa shape index (κ3) is 9.31. The normalized spacial score (nSPS) is 12.0. The number of nitrogens with one attached hydrogen (secondary N) is 2. The molecule has 0 aliphatic heterocycles. The second-order valence-electron chi connectivity index (χ2n) is 11.9. The molecule has 0 fully saturated rings. The van der Waals surface area contributed by atoms with Gasteiger partial charge in [-0.15, -0.1) is 10.2 Å². The molecule has 18 heteroatoms. The largest absolute Gasteiger partial charge is 0.506 e. The third-order valence-corrected chi connectivity index (χ3v) is 11.2. The molecule has 4 heterocycles. The highest BCUT2D eigenvalue weighted by atomic mass is 32.2. The molecule has 0 bridgehead atoms. The number of aromatic nitrogens is 8. The van der Waals surface area contributed by atoms with E-state index in [9.17, 15) is 23.1 Å². The number of aryl methyl sites for hydroxylation is 1. The van der Waals surface area contributed by atoms with E-state index in [0.29, 0.717) is 51.3 Å². The number of rotatable bonds is 15. The smallest absolute Gasteiger partial charge is 0.328 e. The topological polar surface area (TPSA) is 191 Å². The maximum atomic E-state index is 13.4. The SMILES string of the molecule is CC[n+]1c(-c2ccc(S(C)(=O)=O)cn2)nn(CCn2c(SCC(=O)Nc3ccccc3)nnc2-c2ccc(O)cn2)c1SC(C)C(=O)Nc1ccccc1. The maximum absolute atomic E-state index is 13.4. The Morgan fingerprint density at radius 3 is 2.15 bits per heavy atom. The quantitative estimate of drug-likeness (QED) is 0.0973. The van der Waals surface area contributed by atoms with Crippen LogP contribution in [0.4, 0.5) is 11.4 Å². The first kappa shape index (κ1) is 38.1. The third-order valence-electron chi connectivity index (χ3n) is 7.94. The number of carbonyl (C=O) groups excluding carboxylic acids is 2. The molecule has 2 amide bonds. The van der Waals surface area contributed by atoms with Gasteiger partial charge in [-0.1, -0.05) is 52.8 Å². The Balaban J connectivity index is 1.33. The van der Waals surface area contributed by atoms with Gasteiger partial charge in [0.2, 0.25) is 11.8 Å². The van der Waals surface area contributed by atoms with E-state index in [1.165, 1.54) is 48.1 Å². The fourth-order valence-electron chi connectivity index (χ4n) is 5.24. The number of pyridine rings is 2. The van der Waals surface area contributed by atoms with Crippen molar-refractivity contribution in [2.24, 2.45) is 0 Å². The van der Waals surface area contributed by atoms with Crippen LogP contribution in [0.1, 0.15) is 13.8 Å². The second kappa shape index (κ2) is 17.0. The van der Waals surface area contributed by atoms with E-state index in [2.05, 4.69) is 30.8 Å². The molecule has 0 spiro atoms. The number of sulfone groups is 1. The lowest BCUT2D eigenvalue weighted by Gasteiger charge is -2.12. The minimum atomic E-state index is -3.47. The minimum absolute atomic E-state index is 0.00421. The van der Waals surface area contributed by atoms with Crippen LogP contribution in [-0.4, -0.2) is 77.1 Å². The molecule has 2 aromatic carbocycles. The molecule has 3 N–H and O–H groups in total. The molecular formula is C36H37N10O5S3+. The second-order valence-corrected chi connectivity index (χ2v) is 16.2. The van der Waals surface area contributed by atoms with Crippen molar-refractivity contribution >= 4 is 56.6 Å². The van der Waals surface area contributed by atoms with Crippen LogP contribution in [0.25, 0.3) is 23.0 Å². The van der Waals surface area contributed by atoms with Crippen LogP contribution in [0, 0.1) is 0 Å². The fraction of sp³-hybridized carbons (Fsp3) is 0.222. The lowest BCUT2D eigenvalue weighted by atomic mass is 10.3. The lowest BCUT2D eigenvalue weighted by Crippen LogP contribution is -2.37. The summed E-state index contributed by atoms with van der Waals surface area (Å²) < 4.78 is 29.8. The molecule has 6 aromatic rings. The number of amides is 2. The van der Waals surface area contributed by atoms with Crippen LogP contribution in [0.15, 0.2) is 113 Å². The Bertz CT molecular complexity index is 2340. The Kier molecular flexibility index (Phi) is 12.0. The molecule has 0 aliphatic rings. The molecule has 0 aliphatic carbocycles. The van der Waals surface area contributed by atoms with Crippen molar-refractivity contribution in [2.45, 2.75) is 53.9 Å². The summed E-state index contributed by atoms with van der Waals surface area (Å²) in [7, 11) is -3.47. The Morgan fingerprint density at radius 2 is 1.54 bits per heavy atom. The summed E-state index contributed by atoms with van der Waals surface area (Å²) in [5, 5.41) is 30.0. The molecular weight excluding hydrogens is 749 g/mol. The molecule has 1 atom stereocenters. The van der Waals surface area contributed by atoms with Gasteiger partial charge in [0, 0.05) is 28.9 Å². The fourth-order valence-corrected chi connectivity index (χ4v) is 7.65. The van der Waals surface area contributed by atoms with E-state index in [1.54, 1.807) is 28.9 Å². The van der Waals surface area contributed by atoms with E-state index in [-0.39, 0.29) is 41.3 Å². The van der Waals surface area contributed by atoms with Gasteiger partial charge >= 0.3 is 5.82 Å². The van der Waals surface area contributed by atoms with Crippen LogP contribution >= 0.6 is 23.5 Å². The Hall–Kier alpha value is -5.59. The van der Waals surface area contributed by atoms with E-state index in [0.717, 1.165) is 6.26 Å². The average molecular weight is 786 g/mol. The van der Waals surface area contributed by atoms with Crippen molar-refractivity contribution in [1.82, 2.24) is 34.5 Å². The number of hydrogen-bond donors (Lipinski definition) is 3. The summed E-state index contributed by atoms with van der Waals surface area (Å²) in [6.07, 6.45) is 3.74. The summed E-state index contributed by atoms with van der Waals surface area (Å²) in [5.41, 5.74) is 2.26. The molecule has 15 nitrogen and oxygen atoms in total. The number of benzene rings is 2. The summed E-state index contributed by atoms with van der Waals surface area (Å²) in [6.45, 7) is 4.76. The minimum Gasteiger partial charge on any atom is -0.506 e. The first-order valence-corrected chi connectivity index (χ1v) is 20.5. The standard InChI is InChI=1S/C36H36N10O5S3/c1-4-44-33(30-18-16-28(22-38-30)54(3,50)51)43-46(36(44)53-24(2)34(49)40-26-13-9-6-10-14-26)20-19-45-32(29-17-15-27(47)21-37-29)41-42-35(45)52-23-31(48)39-25-11-7-5-8-12-25/h5-18,21-22,24H,4,19-20,23H2,1-3H3,(H2-,39,40,41,47,48,49)/p+1. The average Bonchev–Trinajstić information content (AvgIpc) is 3.74. The zero-order valence-corrected chi connectivity index (χ0v) is 32.0. The summed E-state index contributed by atoms with van der Waals surface area (Å²) in [5.74, 6) is 0.525. The highest BCUT2D eigenvalue weighted by molar-refractivity contribution is 8.00. The molecule has 1 unspecified atom stereocenters. The van der Waals surface area contributed by atoms with Crippen LogP contribution in [0.5, 0.6) is 5.75 Å². The maximum Gasteiger partial charge on any atom is 0.328 e. The predicted molar refractivity (Wildman–Crippen MR) is 206 cm³/mol. The van der Waals surface area contributed by atoms with Gasteiger partial charge in [0.1, 0.15) is 23.7 Å². The highest BCUT2D eigenvalue weighted by Crippen LogP contribution is 2.28.